The minimum Gasteiger partial charge on any atom is -0.508 e. The number of phenolic OH excluding ortho intramolecular Hbond substituents is 1. The topological polar surface area (TPSA) is 153 Å². The molecule has 0 aromatic heterocycles. The van der Waals surface area contributed by atoms with E-state index in [9.17, 15) is 21.9 Å². The lowest BCUT2D eigenvalue weighted by Gasteiger charge is -2.23. The Kier molecular flexibility index (Phi) is 5.99. The summed E-state index contributed by atoms with van der Waals surface area (Å²) < 4.78 is 63.0. The molecule has 0 atom stereocenters. The standard InChI is InChI=1S/C19H18N2O7S2/c22-16-7-1-13(2-8-16)19(20-14-3-9-17(10-4-14)29(23,24)25)21-15-5-11-18(12-6-15)30(26,27)28/h1-12,19-22H,(H,23,24,25)(H,26,27,28). The van der Waals surface area contributed by atoms with Crippen molar-refractivity contribution in [1.29, 1.82) is 0 Å². The largest absolute Gasteiger partial charge is 0.508 e. The van der Waals surface area contributed by atoms with Gasteiger partial charge in [0.25, 0.3) is 20.2 Å². The van der Waals surface area contributed by atoms with E-state index in [4.69, 9.17) is 9.11 Å². The average Bonchev–Trinajstić information content (AvgIpc) is 2.67. The maximum Gasteiger partial charge on any atom is 0.294 e. The summed E-state index contributed by atoms with van der Waals surface area (Å²) in [5.74, 6) is 0.0764. The Morgan fingerprint density at radius 3 is 1.30 bits per heavy atom. The van der Waals surface area contributed by atoms with Gasteiger partial charge in [0.15, 0.2) is 0 Å². The second-order valence-corrected chi connectivity index (χ2v) is 9.16. The number of phenols is 1. The van der Waals surface area contributed by atoms with Crippen molar-refractivity contribution in [2.24, 2.45) is 0 Å². The van der Waals surface area contributed by atoms with Crippen LogP contribution in [0.2, 0.25) is 0 Å². The van der Waals surface area contributed by atoms with E-state index >= 15 is 0 Å². The van der Waals surface area contributed by atoms with Gasteiger partial charge in [-0.25, -0.2) is 0 Å². The molecule has 0 amide bonds. The molecule has 0 bridgehead atoms. The summed E-state index contributed by atoms with van der Waals surface area (Å²) in [5, 5.41) is 15.8. The Morgan fingerprint density at radius 1 is 0.600 bits per heavy atom. The van der Waals surface area contributed by atoms with Gasteiger partial charge in [-0.05, 0) is 66.2 Å². The molecule has 0 spiro atoms. The lowest BCUT2D eigenvalue weighted by Crippen LogP contribution is -2.20. The molecule has 11 heteroatoms. The molecule has 0 unspecified atom stereocenters. The zero-order valence-corrected chi connectivity index (χ0v) is 16.9. The number of hydrogen-bond acceptors (Lipinski definition) is 7. The maximum atomic E-state index is 11.2. The molecule has 158 valence electrons. The highest BCUT2D eigenvalue weighted by Crippen LogP contribution is 2.25. The summed E-state index contributed by atoms with van der Waals surface area (Å²) >= 11 is 0. The van der Waals surface area contributed by atoms with E-state index in [1.54, 1.807) is 12.1 Å². The van der Waals surface area contributed by atoms with Gasteiger partial charge < -0.3 is 15.7 Å². The fourth-order valence-electron chi connectivity index (χ4n) is 2.65. The molecule has 0 aliphatic rings. The molecule has 0 fully saturated rings. The van der Waals surface area contributed by atoms with Crippen molar-refractivity contribution < 1.29 is 31.0 Å². The second-order valence-electron chi connectivity index (χ2n) is 6.31. The van der Waals surface area contributed by atoms with Gasteiger partial charge in [-0.3, -0.25) is 9.11 Å². The van der Waals surface area contributed by atoms with E-state index in [1.165, 1.54) is 60.7 Å². The van der Waals surface area contributed by atoms with Gasteiger partial charge in [0.1, 0.15) is 11.9 Å². The molecule has 0 radical (unpaired) electrons. The quantitative estimate of drug-likeness (QED) is 0.270. The van der Waals surface area contributed by atoms with Crippen LogP contribution in [0.1, 0.15) is 11.7 Å². The van der Waals surface area contributed by atoms with E-state index < -0.39 is 26.4 Å². The third kappa shape index (κ3) is 5.48. The molecule has 9 nitrogen and oxygen atoms in total. The molecule has 0 heterocycles. The number of aromatic hydroxyl groups is 1. The number of benzene rings is 3. The average molecular weight is 450 g/mol. The number of hydrogen-bond donors (Lipinski definition) is 5. The van der Waals surface area contributed by atoms with Crippen LogP contribution in [0, 0.1) is 0 Å². The third-order valence-electron chi connectivity index (χ3n) is 4.15. The molecular formula is C19H18N2O7S2. The first-order chi connectivity index (χ1) is 14.0. The van der Waals surface area contributed by atoms with E-state index in [2.05, 4.69) is 10.6 Å². The summed E-state index contributed by atoms with van der Waals surface area (Å²) in [7, 11) is -8.62. The Labute approximate surface area is 173 Å². The maximum absolute atomic E-state index is 11.2. The smallest absolute Gasteiger partial charge is 0.294 e. The number of rotatable bonds is 7. The Hall–Kier alpha value is -3.12. The van der Waals surface area contributed by atoms with Crippen LogP contribution in [0.5, 0.6) is 5.75 Å². The van der Waals surface area contributed by atoms with Crippen molar-refractivity contribution in [3.05, 3.63) is 78.4 Å². The normalized spacial score (nSPS) is 12.0. The zero-order chi connectivity index (χ0) is 21.9. The molecule has 0 aliphatic carbocycles. The SMILES string of the molecule is O=S(=O)(O)c1ccc(NC(Nc2ccc(S(=O)(=O)O)cc2)c2ccc(O)cc2)cc1. The summed E-state index contributed by atoms with van der Waals surface area (Å²) in [6.45, 7) is 0. The van der Waals surface area contributed by atoms with Gasteiger partial charge in [-0.15, -0.1) is 0 Å². The summed E-state index contributed by atoms with van der Waals surface area (Å²) in [4.78, 5) is -0.494. The molecule has 3 rings (SSSR count). The summed E-state index contributed by atoms with van der Waals surface area (Å²) in [6.07, 6.45) is -0.557. The highest BCUT2D eigenvalue weighted by Gasteiger charge is 2.15. The van der Waals surface area contributed by atoms with E-state index in [0.717, 1.165) is 0 Å². The predicted molar refractivity (Wildman–Crippen MR) is 111 cm³/mol. The van der Waals surface area contributed by atoms with Crippen LogP contribution in [-0.4, -0.2) is 31.0 Å². The highest BCUT2D eigenvalue weighted by molar-refractivity contribution is 7.86. The molecule has 3 aromatic rings. The third-order valence-corrected chi connectivity index (χ3v) is 5.89. The van der Waals surface area contributed by atoms with Crippen molar-refractivity contribution in [2.45, 2.75) is 16.0 Å². The van der Waals surface area contributed by atoms with Crippen molar-refractivity contribution in [1.82, 2.24) is 0 Å². The molecule has 3 aromatic carbocycles. The fourth-order valence-corrected chi connectivity index (χ4v) is 3.61. The van der Waals surface area contributed by atoms with Crippen LogP contribution in [0.25, 0.3) is 0 Å². The number of anilines is 2. The lowest BCUT2D eigenvalue weighted by molar-refractivity contribution is 0.475. The summed E-state index contributed by atoms with van der Waals surface area (Å²) in [5.41, 5.74) is 1.77. The van der Waals surface area contributed by atoms with Crippen LogP contribution < -0.4 is 10.6 Å². The first-order valence-corrected chi connectivity index (χ1v) is 11.4. The summed E-state index contributed by atoms with van der Waals surface area (Å²) in [6, 6.07) is 17.2. The Morgan fingerprint density at radius 2 is 0.967 bits per heavy atom. The van der Waals surface area contributed by atoms with Gasteiger partial charge in [-0.1, -0.05) is 12.1 Å². The zero-order valence-electron chi connectivity index (χ0n) is 15.3. The van der Waals surface area contributed by atoms with Gasteiger partial charge in [0.05, 0.1) is 9.79 Å². The monoisotopic (exact) mass is 450 g/mol. The predicted octanol–water partition coefficient (Wildman–Crippen LogP) is 3.11. The molecular weight excluding hydrogens is 432 g/mol. The van der Waals surface area contributed by atoms with Gasteiger partial charge in [0, 0.05) is 11.4 Å². The fraction of sp³-hybridized carbons (Fsp3) is 0.0526. The van der Waals surface area contributed by atoms with Crippen LogP contribution in [0.15, 0.2) is 82.6 Å². The van der Waals surface area contributed by atoms with Crippen molar-refractivity contribution in [3.63, 3.8) is 0 Å². The van der Waals surface area contributed by atoms with E-state index in [-0.39, 0.29) is 15.5 Å². The minimum absolute atomic E-state index is 0.0764. The Bertz CT molecular complexity index is 1150. The first-order valence-electron chi connectivity index (χ1n) is 8.49. The van der Waals surface area contributed by atoms with Crippen molar-refractivity contribution in [2.75, 3.05) is 10.6 Å². The second kappa shape index (κ2) is 8.32. The first kappa shape index (κ1) is 21.6. The van der Waals surface area contributed by atoms with Gasteiger partial charge >= 0.3 is 0 Å². The Balaban J connectivity index is 1.88. The molecule has 30 heavy (non-hydrogen) atoms. The van der Waals surface area contributed by atoms with E-state index in [0.29, 0.717) is 16.9 Å². The molecule has 0 saturated heterocycles. The highest BCUT2D eigenvalue weighted by atomic mass is 32.2. The van der Waals surface area contributed by atoms with Crippen LogP contribution in [0.4, 0.5) is 11.4 Å². The van der Waals surface area contributed by atoms with Crippen LogP contribution in [-0.2, 0) is 20.2 Å². The van der Waals surface area contributed by atoms with Gasteiger partial charge in [-0.2, -0.15) is 16.8 Å². The van der Waals surface area contributed by atoms with Crippen molar-refractivity contribution >= 4 is 31.6 Å². The lowest BCUT2D eigenvalue weighted by atomic mass is 10.1. The molecule has 0 saturated carbocycles. The minimum atomic E-state index is -4.31. The molecule has 5 N–H and O–H groups in total. The van der Waals surface area contributed by atoms with Crippen LogP contribution >= 0.6 is 0 Å². The van der Waals surface area contributed by atoms with Crippen molar-refractivity contribution in [3.8, 4) is 5.75 Å². The van der Waals surface area contributed by atoms with Crippen LogP contribution in [0.3, 0.4) is 0 Å². The number of nitrogens with one attached hydrogen (secondary N) is 2. The van der Waals surface area contributed by atoms with E-state index in [1.807, 2.05) is 0 Å². The molecule has 0 aliphatic heterocycles. The van der Waals surface area contributed by atoms with Gasteiger partial charge in [0.2, 0.25) is 0 Å².